The second kappa shape index (κ2) is 6.93. The quantitative estimate of drug-likeness (QED) is 0.392. The lowest BCUT2D eigenvalue weighted by molar-refractivity contribution is 0.505. The van der Waals surface area contributed by atoms with Gasteiger partial charge in [-0.15, -0.1) is 0 Å². The number of rotatable bonds is 2. The topological polar surface area (TPSA) is 0 Å². The molecule has 0 saturated heterocycles. The fraction of sp³-hybridized carbons (Fsp3) is 0.100. The lowest BCUT2D eigenvalue weighted by Gasteiger charge is -2.13. The SMILES string of the molecule is Cc1ccc(-c2ccc(-c3ccc(C)c(F)c3Cl)c(Cl)c2F)c(F)c1F. The average Bonchev–Trinajstić information content (AvgIpc) is 2.62. The normalized spacial score (nSPS) is 11.1. The van der Waals surface area contributed by atoms with Crippen molar-refractivity contribution in [2.75, 3.05) is 0 Å². The van der Waals surface area contributed by atoms with Crippen LogP contribution in [0.25, 0.3) is 22.3 Å². The summed E-state index contributed by atoms with van der Waals surface area (Å²) in [6, 6.07) is 8.30. The number of hydrogen-bond acceptors (Lipinski definition) is 0. The second-order valence-corrected chi connectivity index (χ2v) is 6.66. The van der Waals surface area contributed by atoms with Gasteiger partial charge in [0.2, 0.25) is 0 Å². The van der Waals surface area contributed by atoms with Gasteiger partial charge in [0.05, 0.1) is 10.0 Å². The third kappa shape index (κ3) is 2.97. The van der Waals surface area contributed by atoms with Crippen LogP contribution in [0.4, 0.5) is 17.6 Å². The molecule has 134 valence electrons. The fourth-order valence-electron chi connectivity index (χ4n) is 2.67. The summed E-state index contributed by atoms with van der Waals surface area (Å²) in [5, 5.41) is -0.542. The van der Waals surface area contributed by atoms with Crippen LogP contribution >= 0.6 is 23.2 Å². The Balaban J connectivity index is 2.20. The molecular weight excluding hydrogens is 387 g/mol. The first-order valence-electron chi connectivity index (χ1n) is 7.62. The number of benzene rings is 3. The molecule has 0 atom stereocenters. The molecule has 0 aliphatic heterocycles. The number of halogens is 6. The van der Waals surface area contributed by atoms with Crippen LogP contribution < -0.4 is 0 Å². The molecule has 0 bridgehead atoms. The molecule has 0 fully saturated rings. The minimum atomic E-state index is -1.16. The summed E-state index contributed by atoms with van der Waals surface area (Å²) in [4.78, 5) is 0. The van der Waals surface area contributed by atoms with Gasteiger partial charge in [-0.3, -0.25) is 0 Å². The van der Waals surface area contributed by atoms with Gasteiger partial charge in [-0.25, -0.2) is 17.6 Å². The monoisotopic (exact) mass is 398 g/mol. The van der Waals surface area contributed by atoms with E-state index in [9.17, 15) is 17.6 Å². The van der Waals surface area contributed by atoms with Gasteiger partial charge in [0, 0.05) is 22.3 Å². The van der Waals surface area contributed by atoms with Gasteiger partial charge in [0.25, 0.3) is 0 Å². The Hall–Kier alpha value is -2.04. The van der Waals surface area contributed by atoms with Crippen LogP contribution in [0, 0.1) is 37.1 Å². The molecule has 3 rings (SSSR count). The van der Waals surface area contributed by atoms with E-state index >= 15 is 0 Å². The molecule has 0 unspecified atom stereocenters. The average molecular weight is 399 g/mol. The van der Waals surface area contributed by atoms with E-state index in [0.29, 0.717) is 5.56 Å². The molecule has 0 aliphatic carbocycles. The highest BCUT2D eigenvalue weighted by molar-refractivity contribution is 6.36. The van der Waals surface area contributed by atoms with Crippen LogP contribution in [-0.4, -0.2) is 0 Å². The van der Waals surface area contributed by atoms with Crippen molar-refractivity contribution in [3.8, 4) is 22.3 Å². The molecule has 0 saturated carbocycles. The van der Waals surface area contributed by atoms with Gasteiger partial charge in [0.1, 0.15) is 11.6 Å². The molecule has 0 N–H and O–H groups in total. The predicted molar refractivity (Wildman–Crippen MR) is 96.6 cm³/mol. The first-order chi connectivity index (χ1) is 12.2. The Morgan fingerprint density at radius 1 is 0.500 bits per heavy atom. The summed E-state index contributed by atoms with van der Waals surface area (Å²) in [5.41, 5.74) is 0.366. The van der Waals surface area contributed by atoms with Crippen LogP contribution in [0.1, 0.15) is 11.1 Å². The Kier molecular flexibility index (Phi) is 5.00. The maximum atomic E-state index is 14.8. The van der Waals surface area contributed by atoms with E-state index in [1.54, 1.807) is 6.92 Å². The van der Waals surface area contributed by atoms with Crippen molar-refractivity contribution in [3.05, 3.63) is 80.8 Å². The Labute approximate surface area is 158 Å². The van der Waals surface area contributed by atoms with E-state index in [2.05, 4.69) is 0 Å². The van der Waals surface area contributed by atoms with Crippen molar-refractivity contribution in [3.63, 3.8) is 0 Å². The van der Waals surface area contributed by atoms with E-state index in [4.69, 9.17) is 23.2 Å². The Morgan fingerprint density at radius 3 is 1.50 bits per heavy atom. The molecule has 0 radical (unpaired) electrons. The maximum absolute atomic E-state index is 14.8. The lowest BCUT2D eigenvalue weighted by atomic mass is 9.97. The highest BCUT2D eigenvalue weighted by Gasteiger charge is 2.21. The van der Waals surface area contributed by atoms with Crippen molar-refractivity contribution in [2.45, 2.75) is 13.8 Å². The van der Waals surface area contributed by atoms with E-state index in [1.807, 2.05) is 0 Å². The molecule has 26 heavy (non-hydrogen) atoms. The van der Waals surface area contributed by atoms with Crippen LogP contribution in [-0.2, 0) is 0 Å². The van der Waals surface area contributed by atoms with Crippen LogP contribution in [0.3, 0.4) is 0 Å². The Morgan fingerprint density at radius 2 is 0.885 bits per heavy atom. The highest BCUT2D eigenvalue weighted by atomic mass is 35.5. The van der Waals surface area contributed by atoms with Crippen molar-refractivity contribution in [1.82, 2.24) is 0 Å². The summed E-state index contributed by atoms with van der Waals surface area (Å²) in [6.45, 7) is 2.95. The number of aryl methyl sites for hydroxylation is 2. The molecular formula is C20H12Cl2F4. The lowest BCUT2D eigenvalue weighted by Crippen LogP contribution is -1.97. The molecule has 0 aromatic heterocycles. The fourth-order valence-corrected chi connectivity index (χ4v) is 3.25. The smallest absolute Gasteiger partial charge is 0.167 e. The summed E-state index contributed by atoms with van der Waals surface area (Å²) < 4.78 is 56.8. The van der Waals surface area contributed by atoms with Crippen LogP contribution in [0.2, 0.25) is 10.0 Å². The molecule has 3 aromatic carbocycles. The molecule has 0 aliphatic rings. The van der Waals surface area contributed by atoms with Gasteiger partial charge >= 0.3 is 0 Å². The second-order valence-electron chi connectivity index (χ2n) is 5.90. The first-order valence-corrected chi connectivity index (χ1v) is 8.37. The summed E-state index contributed by atoms with van der Waals surface area (Å²) in [7, 11) is 0. The van der Waals surface area contributed by atoms with Crippen molar-refractivity contribution >= 4 is 23.2 Å². The van der Waals surface area contributed by atoms with E-state index in [-0.39, 0.29) is 37.9 Å². The largest absolute Gasteiger partial charge is 0.205 e. The molecule has 0 heterocycles. The molecule has 0 amide bonds. The zero-order valence-corrected chi connectivity index (χ0v) is 15.2. The highest BCUT2D eigenvalue weighted by Crippen LogP contribution is 2.40. The zero-order chi connectivity index (χ0) is 19.2. The van der Waals surface area contributed by atoms with Crippen LogP contribution in [0.15, 0.2) is 36.4 Å². The molecule has 3 aromatic rings. The van der Waals surface area contributed by atoms with Crippen LogP contribution in [0.5, 0.6) is 0 Å². The van der Waals surface area contributed by atoms with Gasteiger partial charge in [-0.1, -0.05) is 59.6 Å². The maximum Gasteiger partial charge on any atom is 0.167 e. The standard InChI is InChI=1S/C20H12Cl2F4/c1-9-3-5-11(15(21)17(9)23)12-7-8-13(19(25)16(12)22)14-6-4-10(2)18(24)20(14)26/h3-8H,1-2H3. The minimum Gasteiger partial charge on any atom is -0.205 e. The first kappa shape index (κ1) is 18.7. The van der Waals surface area contributed by atoms with E-state index < -0.39 is 23.3 Å². The predicted octanol–water partition coefficient (Wildman–Crippen LogP) is 7.50. The molecule has 0 nitrogen and oxygen atoms in total. The van der Waals surface area contributed by atoms with Crippen molar-refractivity contribution < 1.29 is 17.6 Å². The van der Waals surface area contributed by atoms with Gasteiger partial charge in [-0.05, 0) is 25.0 Å². The van der Waals surface area contributed by atoms with E-state index in [1.165, 1.54) is 43.3 Å². The molecule has 6 heteroatoms. The summed E-state index contributed by atoms with van der Waals surface area (Å²) in [6.07, 6.45) is 0. The zero-order valence-electron chi connectivity index (χ0n) is 13.7. The summed E-state index contributed by atoms with van der Waals surface area (Å²) in [5.74, 6) is -3.78. The third-order valence-electron chi connectivity index (χ3n) is 4.21. The molecule has 0 spiro atoms. The minimum absolute atomic E-state index is 0.108. The Bertz CT molecular complexity index is 947. The van der Waals surface area contributed by atoms with Crippen molar-refractivity contribution in [1.29, 1.82) is 0 Å². The van der Waals surface area contributed by atoms with Gasteiger partial charge in [0.15, 0.2) is 11.6 Å². The van der Waals surface area contributed by atoms with Gasteiger partial charge in [-0.2, -0.15) is 0 Å². The third-order valence-corrected chi connectivity index (χ3v) is 4.95. The van der Waals surface area contributed by atoms with Gasteiger partial charge < -0.3 is 0 Å². The summed E-state index contributed by atoms with van der Waals surface area (Å²) >= 11 is 12.1. The van der Waals surface area contributed by atoms with Crippen molar-refractivity contribution in [2.24, 2.45) is 0 Å². The van der Waals surface area contributed by atoms with E-state index in [0.717, 1.165) is 0 Å². The number of hydrogen-bond donors (Lipinski definition) is 0.